The van der Waals surface area contributed by atoms with Crippen LogP contribution >= 0.6 is 0 Å². The summed E-state index contributed by atoms with van der Waals surface area (Å²) >= 11 is 0. The van der Waals surface area contributed by atoms with E-state index in [1.807, 2.05) is 13.8 Å². The zero-order valence-corrected chi connectivity index (χ0v) is 12.4. The fourth-order valence-electron chi connectivity index (χ4n) is 2.52. The Morgan fingerprint density at radius 3 is 2.62 bits per heavy atom. The molecule has 1 aromatic heterocycles. The van der Waals surface area contributed by atoms with E-state index in [1.54, 1.807) is 6.07 Å². The Labute approximate surface area is 123 Å². The number of nitrogens with one attached hydrogen (secondary N) is 2. The van der Waals surface area contributed by atoms with Gasteiger partial charge < -0.3 is 15.7 Å². The van der Waals surface area contributed by atoms with Crippen molar-refractivity contribution in [2.24, 2.45) is 0 Å². The molecule has 7 heteroatoms. The molecule has 116 valence electrons. The SMILES string of the molecule is CC(C)Nc1cc(NC2CCC(O)CC2)c([N+](=O)[O-])cn1. The van der Waals surface area contributed by atoms with Gasteiger partial charge in [-0.3, -0.25) is 10.1 Å². The molecule has 21 heavy (non-hydrogen) atoms. The number of hydrogen-bond donors (Lipinski definition) is 3. The number of nitro groups is 1. The molecule has 0 bridgehead atoms. The van der Waals surface area contributed by atoms with Crippen molar-refractivity contribution < 1.29 is 10.0 Å². The largest absolute Gasteiger partial charge is 0.393 e. The average Bonchev–Trinajstić information content (AvgIpc) is 2.40. The molecule has 2 rings (SSSR count). The van der Waals surface area contributed by atoms with Crippen LogP contribution in [0.25, 0.3) is 0 Å². The standard InChI is InChI=1S/C14H22N4O3/c1-9(2)16-14-7-12(13(8-15-14)18(20)21)17-10-3-5-11(19)6-4-10/h7-11,19H,3-6H2,1-2H3,(H2,15,16,17). The third-order valence-electron chi connectivity index (χ3n) is 3.57. The van der Waals surface area contributed by atoms with Gasteiger partial charge >= 0.3 is 5.69 Å². The predicted molar refractivity (Wildman–Crippen MR) is 81.5 cm³/mol. The van der Waals surface area contributed by atoms with Gasteiger partial charge in [0.2, 0.25) is 0 Å². The quantitative estimate of drug-likeness (QED) is 0.570. The lowest BCUT2D eigenvalue weighted by molar-refractivity contribution is -0.384. The number of aliphatic hydroxyl groups is 1. The van der Waals surface area contributed by atoms with Crippen LogP contribution in [0.5, 0.6) is 0 Å². The number of nitrogens with zero attached hydrogens (tertiary/aromatic N) is 2. The van der Waals surface area contributed by atoms with E-state index in [9.17, 15) is 15.2 Å². The molecule has 0 amide bonds. The van der Waals surface area contributed by atoms with Crippen LogP contribution in [-0.4, -0.2) is 33.2 Å². The van der Waals surface area contributed by atoms with E-state index in [1.165, 1.54) is 6.20 Å². The molecule has 0 radical (unpaired) electrons. The van der Waals surface area contributed by atoms with E-state index in [-0.39, 0.29) is 23.9 Å². The van der Waals surface area contributed by atoms with Crippen LogP contribution in [0.3, 0.4) is 0 Å². The van der Waals surface area contributed by atoms with Gasteiger partial charge in [0.25, 0.3) is 0 Å². The normalized spacial score (nSPS) is 22.1. The Kier molecular flexibility index (Phi) is 4.95. The maximum absolute atomic E-state index is 11.1. The van der Waals surface area contributed by atoms with Gasteiger partial charge in [-0.1, -0.05) is 0 Å². The molecule has 0 aliphatic heterocycles. The number of aromatic nitrogens is 1. The van der Waals surface area contributed by atoms with Crippen molar-refractivity contribution in [1.29, 1.82) is 0 Å². The van der Waals surface area contributed by atoms with E-state index in [2.05, 4.69) is 15.6 Å². The molecule has 3 N–H and O–H groups in total. The van der Waals surface area contributed by atoms with E-state index >= 15 is 0 Å². The van der Waals surface area contributed by atoms with Crippen LogP contribution in [0, 0.1) is 10.1 Å². The van der Waals surface area contributed by atoms with Gasteiger partial charge in [0.15, 0.2) is 0 Å². The summed E-state index contributed by atoms with van der Waals surface area (Å²) in [5.74, 6) is 0.619. The van der Waals surface area contributed by atoms with Crippen molar-refractivity contribution in [3.8, 4) is 0 Å². The number of pyridine rings is 1. The summed E-state index contributed by atoms with van der Waals surface area (Å²) in [5, 5.41) is 27.0. The van der Waals surface area contributed by atoms with Gasteiger partial charge in [-0.15, -0.1) is 0 Å². The fraction of sp³-hybridized carbons (Fsp3) is 0.643. The number of anilines is 2. The van der Waals surface area contributed by atoms with Crippen LogP contribution < -0.4 is 10.6 Å². The molecular weight excluding hydrogens is 272 g/mol. The molecule has 7 nitrogen and oxygen atoms in total. The summed E-state index contributed by atoms with van der Waals surface area (Å²) in [6.45, 7) is 3.97. The van der Waals surface area contributed by atoms with Crippen LogP contribution in [0.15, 0.2) is 12.3 Å². The minimum atomic E-state index is -0.424. The van der Waals surface area contributed by atoms with Crippen LogP contribution in [0.1, 0.15) is 39.5 Å². The molecule has 1 saturated carbocycles. The zero-order valence-electron chi connectivity index (χ0n) is 12.4. The molecule has 0 atom stereocenters. The molecule has 1 aliphatic carbocycles. The Balaban J connectivity index is 2.16. The smallest absolute Gasteiger partial charge is 0.310 e. The average molecular weight is 294 g/mol. The summed E-state index contributed by atoms with van der Waals surface area (Å²) < 4.78 is 0. The highest BCUT2D eigenvalue weighted by Crippen LogP contribution is 2.29. The maximum Gasteiger partial charge on any atom is 0.310 e. The van der Waals surface area contributed by atoms with E-state index < -0.39 is 4.92 Å². The van der Waals surface area contributed by atoms with Gasteiger partial charge in [-0.25, -0.2) is 4.98 Å². The molecule has 1 heterocycles. The van der Waals surface area contributed by atoms with Gasteiger partial charge in [-0.05, 0) is 39.5 Å². The van der Waals surface area contributed by atoms with Crippen LogP contribution in [0.4, 0.5) is 17.2 Å². The summed E-state index contributed by atoms with van der Waals surface area (Å²) in [4.78, 5) is 14.8. The van der Waals surface area contributed by atoms with E-state index in [4.69, 9.17) is 0 Å². The van der Waals surface area contributed by atoms with Crippen molar-refractivity contribution in [1.82, 2.24) is 4.98 Å². The topological polar surface area (TPSA) is 100 Å². The number of aliphatic hydroxyl groups excluding tert-OH is 1. The highest BCUT2D eigenvalue weighted by Gasteiger charge is 2.23. The number of hydrogen-bond acceptors (Lipinski definition) is 6. The first-order chi connectivity index (χ1) is 9.95. The van der Waals surface area contributed by atoms with Crippen molar-refractivity contribution in [3.63, 3.8) is 0 Å². The van der Waals surface area contributed by atoms with Crippen molar-refractivity contribution in [3.05, 3.63) is 22.4 Å². The molecule has 1 aromatic rings. The zero-order chi connectivity index (χ0) is 15.4. The Morgan fingerprint density at radius 1 is 1.38 bits per heavy atom. The maximum atomic E-state index is 11.1. The summed E-state index contributed by atoms with van der Waals surface area (Å²) in [5.41, 5.74) is 0.468. The first-order valence-corrected chi connectivity index (χ1v) is 7.31. The van der Waals surface area contributed by atoms with Gasteiger partial charge in [-0.2, -0.15) is 0 Å². The highest BCUT2D eigenvalue weighted by molar-refractivity contribution is 5.65. The second kappa shape index (κ2) is 6.71. The van der Waals surface area contributed by atoms with Crippen molar-refractivity contribution in [2.45, 2.75) is 57.7 Å². The van der Waals surface area contributed by atoms with Gasteiger partial charge in [0, 0.05) is 18.2 Å². The lowest BCUT2D eigenvalue weighted by Crippen LogP contribution is -2.28. The van der Waals surface area contributed by atoms with Gasteiger partial charge in [0.05, 0.1) is 11.0 Å². The lowest BCUT2D eigenvalue weighted by Gasteiger charge is -2.27. The molecule has 0 aromatic carbocycles. The van der Waals surface area contributed by atoms with Crippen molar-refractivity contribution in [2.75, 3.05) is 10.6 Å². The third-order valence-corrected chi connectivity index (χ3v) is 3.57. The Morgan fingerprint density at radius 2 is 2.05 bits per heavy atom. The fourth-order valence-corrected chi connectivity index (χ4v) is 2.52. The summed E-state index contributed by atoms with van der Waals surface area (Å²) in [6, 6.07) is 2.04. The minimum Gasteiger partial charge on any atom is -0.393 e. The molecule has 1 fully saturated rings. The Hall–Kier alpha value is -1.89. The molecule has 0 unspecified atom stereocenters. The Bertz CT molecular complexity index is 499. The predicted octanol–water partition coefficient (Wildman–Crippen LogP) is 2.53. The second-order valence-corrected chi connectivity index (χ2v) is 5.79. The van der Waals surface area contributed by atoms with Crippen LogP contribution in [0.2, 0.25) is 0 Å². The minimum absolute atomic E-state index is 0.0181. The van der Waals surface area contributed by atoms with E-state index in [0.717, 1.165) is 25.7 Å². The van der Waals surface area contributed by atoms with E-state index in [0.29, 0.717) is 11.5 Å². The first-order valence-electron chi connectivity index (χ1n) is 7.31. The molecular formula is C14H22N4O3. The summed E-state index contributed by atoms with van der Waals surface area (Å²) in [7, 11) is 0. The molecule has 0 saturated heterocycles. The monoisotopic (exact) mass is 294 g/mol. The molecule has 0 spiro atoms. The number of rotatable bonds is 5. The van der Waals surface area contributed by atoms with Gasteiger partial charge in [0.1, 0.15) is 17.7 Å². The second-order valence-electron chi connectivity index (χ2n) is 5.79. The van der Waals surface area contributed by atoms with Crippen molar-refractivity contribution >= 4 is 17.2 Å². The summed E-state index contributed by atoms with van der Waals surface area (Å²) in [6.07, 6.45) is 4.13. The third kappa shape index (κ3) is 4.29. The highest BCUT2D eigenvalue weighted by atomic mass is 16.6. The lowest BCUT2D eigenvalue weighted by atomic mass is 9.93. The van der Waals surface area contributed by atoms with Crippen LogP contribution in [-0.2, 0) is 0 Å². The first kappa shape index (κ1) is 15.5. The molecule has 1 aliphatic rings.